The third-order valence-corrected chi connectivity index (χ3v) is 5.84. The number of benzene rings is 1. The molecule has 188 valence electrons. The second kappa shape index (κ2) is 11.9. The monoisotopic (exact) mass is 501 g/mol. The van der Waals surface area contributed by atoms with Gasteiger partial charge in [-0.1, -0.05) is 30.3 Å². The second-order valence-corrected chi connectivity index (χ2v) is 9.25. The molecule has 5 atom stereocenters. The first-order valence-electron chi connectivity index (χ1n) is 10.2. The standard InChI is InChI=1S/C21H27NO11S/c1-12(23)29-10-17-19(30-13(2)24)20(31-14(3)25)18(21(33-17)32-15(4)26)22-34(27,28)11-16-8-6-5-7-9-16/h5-9,17-22H,10-11H2,1-4H3/t17-,18+,19+,20-,21-/m1/s1. The lowest BCUT2D eigenvalue weighted by Gasteiger charge is -2.44. The zero-order valence-electron chi connectivity index (χ0n) is 19.1. The van der Waals surface area contributed by atoms with Crippen molar-refractivity contribution in [3.05, 3.63) is 35.9 Å². The fourth-order valence-corrected chi connectivity index (χ4v) is 4.71. The van der Waals surface area contributed by atoms with Gasteiger partial charge in [0.2, 0.25) is 16.3 Å². The Morgan fingerprint density at radius 3 is 1.94 bits per heavy atom. The summed E-state index contributed by atoms with van der Waals surface area (Å²) in [5.74, 6) is -3.57. The van der Waals surface area contributed by atoms with E-state index >= 15 is 0 Å². The molecule has 0 unspecified atom stereocenters. The van der Waals surface area contributed by atoms with Crippen LogP contribution in [0.3, 0.4) is 0 Å². The number of hydrogen-bond acceptors (Lipinski definition) is 11. The van der Waals surface area contributed by atoms with Crippen LogP contribution in [-0.2, 0) is 58.6 Å². The molecule has 1 aromatic carbocycles. The number of carbonyl (C=O) groups excluding carboxylic acids is 4. The molecule has 0 amide bonds. The molecule has 0 saturated carbocycles. The van der Waals surface area contributed by atoms with Crippen LogP contribution in [0, 0.1) is 0 Å². The molecule has 1 N–H and O–H groups in total. The van der Waals surface area contributed by atoms with Crippen molar-refractivity contribution in [2.45, 2.75) is 64.1 Å². The van der Waals surface area contributed by atoms with Gasteiger partial charge in [0.05, 0.1) is 5.75 Å². The van der Waals surface area contributed by atoms with E-state index in [9.17, 15) is 27.6 Å². The van der Waals surface area contributed by atoms with Crippen LogP contribution >= 0.6 is 0 Å². The Labute approximate surface area is 196 Å². The highest BCUT2D eigenvalue weighted by Gasteiger charge is 2.52. The topological polar surface area (TPSA) is 161 Å². The molecule has 0 radical (unpaired) electrons. The molecule has 1 aliphatic heterocycles. The average Bonchev–Trinajstić information content (AvgIpc) is 2.70. The zero-order valence-corrected chi connectivity index (χ0v) is 19.9. The van der Waals surface area contributed by atoms with Gasteiger partial charge in [-0.05, 0) is 5.56 Å². The maximum absolute atomic E-state index is 12.9. The largest absolute Gasteiger partial charge is 0.463 e. The summed E-state index contributed by atoms with van der Waals surface area (Å²) in [5, 5.41) is 0. The fourth-order valence-electron chi connectivity index (χ4n) is 3.34. The molecule has 1 heterocycles. The zero-order chi connectivity index (χ0) is 25.5. The minimum absolute atomic E-state index is 0.445. The molecule has 1 aromatic rings. The van der Waals surface area contributed by atoms with E-state index in [0.717, 1.165) is 27.7 Å². The van der Waals surface area contributed by atoms with Crippen molar-refractivity contribution in [2.75, 3.05) is 6.61 Å². The van der Waals surface area contributed by atoms with Crippen LogP contribution in [0.25, 0.3) is 0 Å². The summed E-state index contributed by atoms with van der Waals surface area (Å²) in [7, 11) is -4.11. The van der Waals surface area contributed by atoms with Crippen LogP contribution in [0.4, 0.5) is 0 Å². The Hall–Kier alpha value is -3.03. The molecule has 2 rings (SSSR count). The predicted octanol–water partition coefficient (Wildman–Crippen LogP) is 0.189. The molecule has 12 nitrogen and oxygen atoms in total. The summed E-state index contributed by atoms with van der Waals surface area (Å²) in [6.07, 6.45) is -5.71. The van der Waals surface area contributed by atoms with E-state index < -0.39 is 76.9 Å². The first-order valence-corrected chi connectivity index (χ1v) is 11.9. The van der Waals surface area contributed by atoms with E-state index in [4.69, 9.17) is 23.7 Å². The lowest BCUT2D eigenvalue weighted by molar-refractivity contribution is -0.269. The van der Waals surface area contributed by atoms with Crippen molar-refractivity contribution in [3.8, 4) is 0 Å². The first-order chi connectivity index (χ1) is 15.9. The number of nitrogens with one attached hydrogen (secondary N) is 1. The summed E-state index contributed by atoms with van der Waals surface area (Å²) < 4.78 is 54.5. The molecule has 0 spiro atoms. The molecule has 0 aliphatic carbocycles. The number of ether oxygens (including phenoxy) is 5. The number of sulfonamides is 1. The Bertz CT molecular complexity index is 995. The summed E-state index contributed by atoms with van der Waals surface area (Å²) >= 11 is 0. The molecular weight excluding hydrogens is 474 g/mol. The normalized spacial score (nSPS) is 24.5. The van der Waals surface area contributed by atoms with Crippen molar-refractivity contribution < 1.29 is 51.3 Å². The van der Waals surface area contributed by atoms with Gasteiger partial charge >= 0.3 is 23.9 Å². The van der Waals surface area contributed by atoms with Crippen LogP contribution in [0.1, 0.15) is 33.3 Å². The van der Waals surface area contributed by atoms with Crippen LogP contribution in [-0.4, -0.2) is 69.5 Å². The van der Waals surface area contributed by atoms with Gasteiger partial charge in [-0.25, -0.2) is 13.1 Å². The highest BCUT2D eigenvalue weighted by Crippen LogP contribution is 2.28. The summed E-state index contributed by atoms with van der Waals surface area (Å²) in [4.78, 5) is 46.7. The molecule has 0 bridgehead atoms. The molecule has 0 aromatic heterocycles. The molecule has 1 aliphatic rings. The predicted molar refractivity (Wildman–Crippen MR) is 114 cm³/mol. The van der Waals surface area contributed by atoms with Gasteiger partial charge in [-0.2, -0.15) is 0 Å². The number of esters is 4. The molecule has 1 fully saturated rings. The van der Waals surface area contributed by atoms with E-state index in [0.29, 0.717) is 5.56 Å². The van der Waals surface area contributed by atoms with Crippen molar-refractivity contribution in [2.24, 2.45) is 0 Å². The quantitative estimate of drug-likeness (QED) is 0.363. The van der Waals surface area contributed by atoms with E-state index in [2.05, 4.69) is 4.72 Å². The maximum atomic E-state index is 12.9. The van der Waals surface area contributed by atoms with Crippen LogP contribution in [0.15, 0.2) is 30.3 Å². The van der Waals surface area contributed by atoms with Gasteiger partial charge in [-0.3, -0.25) is 19.2 Å². The van der Waals surface area contributed by atoms with E-state index in [-0.39, 0.29) is 0 Å². The number of carbonyl (C=O) groups is 4. The van der Waals surface area contributed by atoms with Crippen molar-refractivity contribution in [1.29, 1.82) is 0 Å². The SMILES string of the molecule is CC(=O)OC[C@H]1O[C@@H](OC(C)=O)[C@@H](NS(=O)(=O)Cc2ccccc2)[C@@H](OC(C)=O)[C@H]1OC(C)=O. The lowest BCUT2D eigenvalue weighted by Crippen LogP contribution is -2.67. The third kappa shape index (κ3) is 8.39. The van der Waals surface area contributed by atoms with E-state index in [1.54, 1.807) is 30.3 Å². The first kappa shape index (κ1) is 27.2. The summed E-state index contributed by atoms with van der Waals surface area (Å²) in [6.45, 7) is 3.90. The average molecular weight is 502 g/mol. The van der Waals surface area contributed by atoms with Crippen LogP contribution < -0.4 is 4.72 Å². The molecule has 1 saturated heterocycles. The van der Waals surface area contributed by atoms with Crippen LogP contribution in [0.5, 0.6) is 0 Å². The van der Waals surface area contributed by atoms with Gasteiger partial charge in [0.15, 0.2) is 12.2 Å². The third-order valence-electron chi connectivity index (χ3n) is 4.50. The minimum atomic E-state index is -4.11. The van der Waals surface area contributed by atoms with Crippen LogP contribution in [0.2, 0.25) is 0 Å². The Kier molecular flexibility index (Phi) is 9.53. The summed E-state index contributed by atoms with van der Waals surface area (Å²) in [5.41, 5.74) is 0.462. The second-order valence-electron chi connectivity index (χ2n) is 7.49. The lowest BCUT2D eigenvalue weighted by atomic mass is 9.97. The van der Waals surface area contributed by atoms with Gasteiger partial charge < -0.3 is 23.7 Å². The van der Waals surface area contributed by atoms with Crippen molar-refractivity contribution in [3.63, 3.8) is 0 Å². The highest BCUT2D eigenvalue weighted by atomic mass is 32.2. The highest BCUT2D eigenvalue weighted by molar-refractivity contribution is 7.88. The fraction of sp³-hybridized carbons (Fsp3) is 0.524. The number of hydrogen-bond donors (Lipinski definition) is 1. The van der Waals surface area contributed by atoms with E-state index in [1.165, 1.54) is 0 Å². The maximum Gasteiger partial charge on any atom is 0.304 e. The van der Waals surface area contributed by atoms with Crippen molar-refractivity contribution >= 4 is 33.9 Å². The number of rotatable bonds is 9. The summed E-state index contributed by atoms with van der Waals surface area (Å²) in [6, 6.07) is 6.75. The molecule has 13 heteroatoms. The Morgan fingerprint density at radius 2 is 1.41 bits per heavy atom. The molecule has 34 heavy (non-hydrogen) atoms. The Morgan fingerprint density at radius 1 is 0.853 bits per heavy atom. The van der Waals surface area contributed by atoms with Gasteiger partial charge in [0.1, 0.15) is 18.8 Å². The van der Waals surface area contributed by atoms with Gasteiger partial charge in [0, 0.05) is 27.7 Å². The van der Waals surface area contributed by atoms with E-state index in [1.807, 2.05) is 0 Å². The Balaban J connectivity index is 2.45. The van der Waals surface area contributed by atoms with Gasteiger partial charge in [-0.15, -0.1) is 0 Å². The molecular formula is C21H27NO11S. The smallest absolute Gasteiger partial charge is 0.304 e. The van der Waals surface area contributed by atoms with Gasteiger partial charge in [0.25, 0.3) is 0 Å². The van der Waals surface area contributed by atoms with Crippen molar-refractivity contribution in [1.82, 2.24) is 4.72 Å². The minimum Gasteiger partial charge on any atom is -0.463 e.